The Morgan fingerprint density at radius 1 is 1.08 bits per heavy atom. The summed E-state index contributed by atoms with van der Waals surface area (Å²) in [5, 5.41) is 3.01. The van der Waals surface area contributed by atoms with E-state index in [0.29, 0.717) is 42.8 Å². The first-order chi connectivity index (χ1) is 12.6. The normalized spacial score (nSPS) is 14.8. The highest BCUT2D eigenvalue weighted by atomic mass is 19.1. The molecule has 0 radical (unpaired) electrons. The number of rotatable bonds is 4. The van der Waals surface area contributed by atoms with Gasteiger partial charge < -0.3 is 15.0 Å². The van der Waals surface area contributed by atoms with Gasteiger partial charge in [-0.1, -0.05) is 12.1 Å². The molecule has 0 unspecified atom stereocenters. The highest BCUT2D eigenvalue weighted by Gasteiger charge is 2.25. The van der Waals surface area contributed by atoms with Gasteiger partial charge in [0.25, 0.3) is 11.8 Å². The first kappa shape index (κ1) is 17.9. The Kier molecular flexibility index (Phi) is 5.51. The average molecular weight is 356 g/mol. The van der Waals surface area contributed by atoms with Crippen molar-refractivity contribution >= 4 is 11.8 Å². The van der Waals surface area contributed by atoms with Gasteiger partial charge in [-0.05, 0) is 49.2 Å². The van der Waals surface area contributed by atoms with Crippen LogP contribution in [0, 0.1) is 5.82 Å². The van der Waals surface area contributed by atoms with Crippen molar-refractivity contribution in [2.24, 2.45) is 0 Å². The van der Waals surface area contributed by atoms with Crippen LogP contribution in [0.2, 0.25) is 0 Å². The van der Waals surface area contributed by atoms with Crippen LogP contribution in [0.3, 0.4) is 0 Å². The predicted octanol–water partition coefficient (Wildman–Crippen LogP) is 2.87. The molecule has 26 heavy (non-hydrogen) atoms. The zero-order chi connectivity index (χ0) is 18.5. The molecule has 6 heteroatoms. The number of nitrogens with zero attached hydrogens (tertiary/aromatic N) is 1. The smallest absolute Gasteiger partial charge is 0.255 e. The first-order valence-corrected chi connectivity index (χ1v) is 8.57. The number of carbonyl (C=O) groups excluding carboxylic acids is 2. The number of likely N-dealkylation sites (tertiary alicyclic amines) is 1. The quantitative estimate of drug-likeness (QED) is 0.916. The lowest BCUT2D eigenvalue weighted by atomic mass is 10.0. The third kappa shape index (κ3) is 4.02. The van der Waals surface area contributed by atoms with Crippen LogP contribution in [0.15, 0.2) is 48.5 Å². The van der Waals surface area contributed by atoms with E-state index >= 15 is 0 Å². The highest BCUT2D eigenvalue weighted by Crippen LogP contribution is 2.19. The Bertz CT molecular complexity index is 784. The van der Waals surface area contributed by atoms with Gasteiger partial charge in [0, 0.05) is 24.7 Å². The van der Waals surface area contributed by atoms with E-state index in [1.807, 2.05) is 6.07 Å². The van der Waals surface area contributed by atoms with Crippen LogP contribution in [-0.2, 0) is 0 Å². The molecule has 0 saturated carbocycles. The summed E-state index contributed by atoms with van der Waals surface area (Å²) in [5.41, 5.74) is 0.975. The van der Waals surface area contributed by atoms with Gasteiger partial charge in [-0.3, -0.25) is 9.59 Å². The Labute approximate surface area is 151 Å². The molecule has 1 heterocycles. The fraction of sp³-hybridized carbons (Fsp3) is 0.300. The van der Waals surface area contributed by atoms with Gasteiger partial charge >= 0.3 is 0 Å². The number of amides is 2. The molecule has 1 aliphatic heterocycles. The minimum atomic E-state index is -0.362. The van der Waals surface area contributed by atoms with E-state index in [0.717, 1.165) is 0 Å². The van der Waals surface area contributed by atoms with Crippen molar-refractivity contribution < 1.29 is 18.7 Å². The van der Waals surface area contributed by atoms with Crippen LogP contribution < -0.4 is 10.1 Å². The monoisotopic (exact) mass is 356 g/mol. The molecule has 0 aromatic heterocycles. The molecule has 1 N–H and O–H groups in total. The molecule has 2 aromatic rings. The molecular formula is C20H21FN2O3. The van der Waals surface area contributed by atoms with Crippen molar-refractivity contribution in [3.63, 3.8) is 0 Å². The van der Waals surface area contributed by atoms with E-state index in [9.17, 15) is 14.0 Å². The van der Waals surface area contributed by atoms with Crippen molar-refractivity contribution in [1.82, 2.24) is 10.2 Å². The Balaban J connectivity index is 1.56. The SMILES string of the molecule is COc1ccccc1C(=O)NC1CCN(C(=O)c2ccc(F)cc2)CC1. The molecule has 0 atom stereocenters. The van der Waals surface area contributed by atoms with Crippen LogP contribution in [0.5, 0.6) is 5.75 Å². The molecule has 1 fully saturated rings. The fourth-order valence-corrected chi connectivity index (χ4v) is 3.10. The summed E-state index contributed by atoms with van der Waals surface area (Å²) < 4.78 is 18.2. The Morgan fingerprint density at radius 3 is 2.38 bits per heavy atom. The number of nitrogens with one attached hydrogen (secondary N) is 1. The first-order valence-electron chi connectivity index (χ1n) is 8.57. The molecular weight excluding hydrogens is 335 g/mol. The van der Waals surface area contributed by atoms with E-state index in [4.69, 9.17) is 4.74 Å². The largest absolute Gasteiger partial charge is 0.496 e. The van der Waals surface area contributed by atoms with Crippen molar-refractivity contribution in [3.05, 3.63) is 65.5 Å². The second kappa shape index (κ2) is 7.99. The van der Waals surface area contributed by atoms with E-state index < -0.39 is 0 Å². The van der Waals surface area contributed by atoms with Crippen molar-refractivity contribution in [2.75, 3.05) is 20.2 Å². The van der Waals surface area contributed by atoms with Crippen LogP contribution in [0.4, 0.5) is 4.39 Å². The van der Waals surface area contributed by atoms with Crippen molar-refractivity contribution in [1.29, 1.82) is 0 Å². The molecule has 5 nitrogen and oxygen atoms in total. The zero-order valence-electron chi connectivity index (χ0n) is 14.6. The molecule has 1 saturated heterocycles. The minimum Gasteiger partial charge on any atom is -0.496 e. The topological polar surface area (TPSA) is 58.6 Å². The number of ether oxygens (including phenoxy) is 1. The van der Waals surface area contributed by atoms with Gasteiger partial charge in [-0.25, -0.2) is 4.39 Å². The maximum atomic E-state index is 13.0. The third-order valence-electron chi connectivity index (χ3n) is 4.56. The van der Waals surface area contributed by atoms with Crippen molar-refractivity contribution in [2.45, 2.75) is 18.9 Å². The van der Waals surface area contributed by atoms with Crippen molar-refractivity contribution in [3.8, 4) is 5.75 Å². The Morgan fingerprint density at radius 2 is 1.73 bits per heavy atom. The lowest BCUT2D eigenvalue weighted by Gasteiger charge is -2.32. The second-order valence-corrected chi connectivity index (χ2v) is 6.25. The summed E-state index contributed by atoms with van der Waals surface area (Å²) in [6.07, 6.45) is 1.35. The van der Waals surface area contributed by atoms with Crippen LogP contribution in [-0.4, -0.2) is 43.0 Å². The molecule has 3 rings (SSSR count). The van der Waals surface area contributed by atoms with Gasteiger partial charge in [0.15, 0.2) is 0 Å². The number of halogens is 1. The summed E-state index contributed by atoms with van der Waals surface area (Å²) in [5.74, 6) is -0.112. The summed E-state index contributed by atoms with van der Waals surface area (Å²) in [4.78, 5) is 26.6. The summed E-state index contributed by atoms with van der Waals surface area (Å²) in [7, 11) is 1.53. The van der Waals surface area contributed by atoms with E-state index in [1.165, 1.54) is 31.4 Å². The van der Waals surface area contributed by atoms with E-state index in [2.05, 4.69) is 5.32 Å². The number of hydrogen-bond donors (Lipinski definition) is 1. The number of benzene rings is 2. The lowest BCUT2D eigenvalue weighted by molar-refractivity contribution is 0.0698. The molecule has 0 bridgehead atoms. The molecule has 1 aliphatic rings. The van der Waals surface area contributed by atoms with Gasteiger partial charge in [-0.15, -0.1) is 0 Å². The van der Waals surface area contributed by atoms with Crippen LogP contribution >= 0.6 is 0 Å². The molecule has 0 spiro atoms. The molecule has 2 amide bonds. The second-order valence-electron chi connectivity index (χ2n) is 6.25. The van der Waals surface area contributed by atoms with E-state index in [-0.39, 0.29) is 23.7 Å². The zero-order valence-corrected chi connectivity index (χ0v) is 14.6. The van der Waals surface area contributed by atoms with E-state index in [1.54, 1.807) is 23.1 Å². The third-order valence-corrected chi connectivity index (χ3v) is 4.56. The minimum absolute atomic E-state index is 0.00433. The highest BCUT2D eigenvalue weighted by molar-refractivity contribution is 5.97. The summed E-state index contributed by atoms with van der Waals surface area (Å²) in [6.45, 7) is 1.10. The molecule has 2 aromatic carbocycles. The van der Waals surface area contributed by atoms with Gasteiger partial charge in [-0.2, -0.15) is 0 Å². The fourth-order valence-electron chi connectivity index (χ4n) is 3.10. The lowest BCUT2D eigenvalue weighted by Crippen LogP contribution is -2.46. The van der Waals surface area contributed by atoms with Gasteiger partial charge in [0.05, 0.1) is 12.7 Å². The maximum absolute atomic E-state index is 13.0. The standard InChI is InChI=1S/C20H21FN2O3/c1-26-18-5-3-2-4-17(18)19(24)22-16-10-12-23(13-11-16)20(25)14-6-8-15(21)9-7-14/h2-9,16H,10-13H2,1H3,(H,22,24). The van der Waals surface area contributed by atoms with Crippen LogP contribution in [0.25, 0.3) is 0 Å². The number of piperidine rings is 1. The predicted molar refractivity (Wildman–Crippen MR) is 95.8 cm³/mol. The van der Waals surface area contributed by atoms with Crippen LogP contribution in [0.1, 0.15) is 33.6 Å². The van der Waals surface area contributed by atoms with Gasteiger partial charge in [0.2, 0.25) is 0 Å². The Hall–Kier alpha value is -2.89. The summed E-state index contributed by atoms with van der Waals surface area (Å²) in [6, 6.07) is 12.6. The average Bonchev–Trinajstić information content (AvgIpc) is 2.68. The number of hydrogen-bond acceptors (Lipinski definition) is 3. The molecule has 0 aliphatic carbocycles. The molecule has 136 valence electrons. The number of carbonyl (C=O) groups is 2. The van der Waals surface area contributed by atoms with Gasteiger partial charge in [0.1, 0.15) is 11.6 Å². The number of para-hydroxylation sites is 1. The summed E-state index contributed by atoms with van der Waals surface area (Å²) >= 11 is 0. The maximum Gasteiger partial charge on any atom is 0.255 e. The number of methoxy groups -OCH3 is 1.